The van der Waals surface area contributed by atoms with Crippen molar-refractivity contribution in [2.45, 2.75) is 32.1 Å². The molecule has 2 aliphatic rings. The van der Waals surface area contributed by atoms with E-state index in [1.165, 1.54) is 6.07 Å². The van der Waals surface area contributed by atoms with Crippen molar-refractivity contribution in [2.75, 3.05) is 19.9 Å². The summed E-state index contributed by atoms with van der Waals surface area (Å²) < 4.78 is 10.7. The number of hydrogen-bond donors (Lipinski definition) is 1. The summed E-state index contributed by atoms with van der Waals surface area (Å²) >= 11 is 0. The molecule has 1 saturated heterocycles. The molecular formula is C14H18N2O5. The van der Waals surface area contributed by atoms with Gasteiger partial charge in [-0.2, -0.15) is 0 Å². The molecular weight excluding hydrogens is 276 g/mol. The number of likely N-dealkylation sites (tertiary alicyclic amines) is 1. The molecule has 1 N–H and O–H groups in total. The van der Waals surface area contributed by atoms with Crippen LogP contribution in [-0.2, 0) is 17.9 Å². The molecule has 3 rings (SSSR count). The van der Waals surface area contributed by atoms with Gasteiger partial charge in [0.25, 0.3) is 5.69 Å². The molecule has 1 aromatic rings. The Morgan fingerprint density at radius 3 is 3.10 bits per heavy atom. The third-order valence-corrected chi connectivity index (χ3v) is 3.86. The second kappa shape index (κ2) is 5.97. The molecule has 2 aliphatic heterocycles. The van der Waals surface area contributed by atoms with Crippen LogP contribution in [0.3, 0.4) is 0 Å². The fourth-order valence-corrected chi connectivity index (χ4v) is 2.92. The summed E-state index contributed by atoms with van der Waals surface area (Å²) in [7, 11) is 0. The summed E-state index contributed by atoms with van der Waals surface area (Å²) in [5, 5.41) is 20.8. The zero-order valence-corrected chi connectivity index (χ0v) is 11.7. The first kappa shape index (κ1) is 14.2. The average Bonchev–Trinajstić information content (AvgIpc) is 2.47. The highest BCUT2D eigenvalue weighted by Crippen LogP contribution is 2.33. The topological polar surface area (TPSA) is 85.1 Å². The third kappa shape index (κ3) is 3.15. The number of aliphatic hydroxyl groups is 1. The van der Waals surface area contributed by atoms with Crippen LogP contribution in [0.2, 0.25) is 0 Å². The normalized spacial score (nSPS) is 22.4. The van der Waals surface area contributed by atoms with Gasteiger partial charge in [0.2, 0.25) is 0 Å². The lowest BCUT2D eigenvalue weighted by atomic mass is 10.0. The highest BCUT2D eigenvalue weighted by atomic mass is 16.7. The lowest BCUT2D eigenvalue weighted by molar-refractivity contribution is -0.385. The van der Waals surface area contributed by atoms with Crippen molar-refractivity contribution in [1.29, 1.82) is 0 Å². The van der Waals surface area contributed by atoms with E-state index < -0.39 is 4.92 Å². The van der Waals surface area contributed by atoms with Crippen LogP contribution in [-0.4, -0.2) is 40.9 Å². The molecule has 0 aliphatic carbocycles. The fraction of sp³-hybridized carbons (Fsp3) is 0.571. The molecule has 7 nitrogen and oxygen atoms in total. The Kier molecular flexibility index (Phi) is 4.05. The van der Waals surface area contributed by atoms with Crippen LogP contribution in [0, 0.1) is 10.1 Å². The first-order chi connectivity index (χ1) is 10.1. The van der Waals surface area contributed by atoms with Crippen molar-refractivity contribution in [2.24, 2.45) is 0 Å². The highest BCUT2D eigenvalue weighted by molar-refractivity contribution is 5.50. The first-order valence-electron chi connectivity index (χ1n) is 7.04. The Bertz CT molecular complexity index is 548. The summed E-state index contributed by atoms with van der Waals surface area (Å²) in [6, 6.07) is 3.06. The Labute approximate surface area is 122 Å². The Morgan fingerprint density at radius 2 is 2.33 bits per heavy atom. The molecule has 0 spiro atoms. The Balaban J connectivity index is 1.88. The molecule has 0 amide bonds. The summed E-state index contributed by atoms with van der Waals surface area (Å²) in [4.78, 5) is 12.8. The second-order valence-electron chi connectivity index (χ2n) is 5.49. The van der Waals surface area contributed by atoms with Crippen LogP contribution >= 0.6 is 0 Å². The number of aliphatic hydroxyl groups excluding tert-OH is 1. The number of nitro benzene ring substituents is 1. The van der Waals surface area contributed by atoms with Gasteiger partial charge in [0.15, 0.2) is 6.79 Å². The molecule has 1 aromatic carbocycles. The second-order valence-corrected chi connectivity index (χ2v) is 5.49. The maximum Gasteiger partial charge on any atom is 0.270 e. The third-order valence-electron chi connectivity index (χ3n) is 3.86. The van der Waals surface area contributed by atoms with Crippen LogP contribution < -0.4 is 4.74 Å². The largest absolute Gasteiger partial charge is 0.467 e. The molecule has 114 valence electrons. The van der Waals surface area contributed by atoms with Crippen molar-refractivity contribution in [1.82, 2.24) is 4.90 Å². The zero-order valence-electron chi connectivity index (χ0n) is 11.7. The lowest BCUT2D eigenvalue weighted by Gasteiger charge is -2.31. The van der Waals surface area contributed by atoms with E-state index in [1.54, 1.807) is 6.07 Å². The maximum atomic E-state index is 11.1. The van der Waals surface area contributed by atoms with Crippen molar-refractivity contribution < 1.29 is 19.5 Å². The number of piperidine rings is 1. The minimum absolute atomic E-state index is 0.0513. The van der Waals surface area contributed by atoms with Crippen LogP contribution in [0.1, 0.15) is 24.0 Å². The molecule has 21 heavy (non-hydrogen) atoms. The van der Waals surface area contributed by atoms with Gasteiger partial charge in [0.1, 0.15) is 5.75 Å². The van der Waals surface area contributed by atoms with E-state index in [9.17, 15) is 15.2 Å². The Morgan fingerprint density at radius 1 is 1.48 bits per heavy atom. The van der Waals surface area contributed by atoms with E-state index in [4.69, 9.17) is 9.47 Å². The minimum Gasteiger partial charge on any atom is -0.467 e. The van der Waals surface area contributed by atoms with Crippen LogP contribution in [0.5, 0.6) is 5.75 Å². The van der Waals surface area contributed by atoms with Gasteiger partial charge in [-0.3, -0.25) is 15.0 Å². The molecule has 1 fully saturated rings. The predicted octanol–water partition coefficient (Wildman–Crippen LogP) is 1.42. The van der Waals surface area contributed by atoms with Gasteiger partial charge in [-0.25, -0.2) is 0 Å². The van der Waals surface area contributed by atoms with Gasteiger partial charge in [-0.05, 0) is 19.4 Å². The number of benzene rings is 1. The molecule has 1 atom stereocenters. The predicted molar refractivity (Wildman–Crippen MR) is 73.9 cm³/mol. The molecule has 1 unspecified atom stereocenters. The van der Waals surface area contributed by atoms with E-state index >= 15 is 0 Å². The van der Waals surface area contributed by atoms with Crippen molar-refractivity contribution in [3.05, 3.63) is 33.4 Å². The average molecular weight is 294 g/mol. The highest BCUT2D eigenvalue weighted by Gasteiger charge is 2.24. The quantitative estimate of drug-likeness (QED) is 0.670. The molecule has 0 saturated carbocycles. The first-order valence-corrected chi connectivity index (χ1v) is 7.04. The molecule has 0 aromatic heterocycles. The number of non-ortho nitro benzene ring substituents is 1. The summed E-state index contributed by atoms with van der Waals surface area (Å²) in [6.07, 6.45) is 1.42. The molecule has 7 heteroatoms. The summed E-state index contributed by atoms with van der Waals surface area (Å²) in [5.41, 5.74) is 1.55. The van der Waals surface area contributed by atoms with Gasteiger partial charge < -0.3 is 14.6 Å². The van der Waals surface area contributed by atoms with Gasteiger partial charge in [-0.15, -0.1) is 0 Å². The van der Waals surface area contributed by atoms with Crippen molar-refractivity contribution in [3.63, 3.8) is 0 Å². The molecule has 0 bridgehead atoms. The van der Waals surface area contributed by atoms with Crippen LogP contribution in [0.25, 0.3) is 0 Å². The Hall–Kier alpha value is -1.70. The van der Waals surface area contributed by atoms with E-state index in [0.717, 1.165) is 24.9 Å². The van der Waals surface area contributed by atoms with Crippen molar-refractivity contribution >= 4 is 5.69 Å². The zero-order chi connectivity index (χ0) is 14.8. The molecule has 2 heterocycles. The number of fused-ring (bicyclic) bond motifs is 1. The summed E-state index contributed by atoms with van der Waals surface area (Å²) in [6.45, 7) is 2.51. The summed E-state index contributed by atoms with van der Waals surface area (Å²) in [5.74, 6) is 0.687. The van der Waals surface area contributed by atoms with E-state index in [1.807, 2.05) is 0 Å². The number of nitrogens with zero attached hydrogens (tertiary/aromatic N) is 2. The van der Waals surface area contributed by atoms with Gasteiger partial charge in [0.05, 0.1) is 17.6 Å². The fourth-order valence-electron chi connectivity index (χ4n) is 2.92. The minimum atomic E-state index is -0.399. The number of rotatable bonds is 3. The monoisotopic (exact) mass is 294 g/mol. The number of nitro groups is 1. The number of ether oxygens (including phenoxy) is 2. The SMILES string of the molecule is O=[N+]([O-])c1cc2c(c(CN3CCCC(O)C3)c1)OCOC2. The standard InChI is InChI=1S/C14H18N2O5/c17-13-2-1-3-15(7-13)6-10-4-12(16(18)19)5-11-8-20-9-21-14(10)11/h4-5,13,17H,1-3,6-9H2. The van der Waals surface area contributed by atoms with E-state index in [2.05, 4.69) is 4.90 Å². The number of hydrogen-bond acceptors (Lipinski definition) is 6. The van der Waals surface area contributed by atoms with Crippen molar-refractivity contribution in [3.8, 4) is 5.75 Å². The maximum absolute atomic E-state index is 11.1. The smallest absolute Gasteiger partial charge is 0.270 e. The molecule has 0 radical (unpaired) electrons. The van der Waals surface area contributed by atoms with Gasteiger partial charge in [-0.1, -0.05) is 0 Å². The lowest BCUT2D eigenvalue weighted by Crippen LogP contribution is -2.37. The van der Waals surface area contributed by atoms with Gasteiger partial charge in [0, 0.05) is 36.3 Å². The van der Waals surface area contributed by atoms with Crippen LogP contribution in [0.4, 0.5) is 5.69 Å². The number of β-amino-alcohol motifs (C(OH)–C–C–N with tert-alkyl or cyclic N) is 1. The van der Waals surface area contributed by atoms with Gasteiger partial charge >= 0.3 is 0 Å². The van der Waals surface area contributed by atoms with Crippen LogP contribution in [0.15, 0.2) is 12.1 Å². The van der Waals surface area contributed by atoms with E-state index in [0.29, 0.717) is 31.0 Å². The van der Waals surface area contributed by atoms with E-state index in [-0.39, 0.29) is 18.6 Å².